The van der Waals surface area contributed by atoms with Gasteiger partial charge in [-0.05, 0) is 29.8 Å². The lowest BCUT2D eigenvalue weighted by molar-refractivity contribution is -0.118. The van der Waals surface area contributed by atoms with Crippen molar-refractivity contribution in [2.24, 2.45) is 0 Å². The van der Waals surface area contributed by atoms with E-state index < -0.39 is 0 Å². The van der Waals surface area contributed by atoms with Crippen LogP contribution in [0.4, 0.5) is 4.39 Å². The first-order chi connectivity index (χ1) is 13.7. The molecule has 0 aliphatic rings. The van der Waals surface area contributed by atoms with E-state index in [2.05, 4.69) is 20.4 Å². The van der Waals surface area contributed by atoms with Gasteiger partial charge in [0.05, 0.1) is 23.0 Å². The van der Waals surface area contributed by atoms with Crippen molar-refractivity contribution in [1.29, 1.82) is 0 Å². The molecule has 8 heteroatoms. The van der Waals surface area contributed by atoms with Crippen LogP contribution in [0.2, 0.25) is 0 Å². The van der Waals surface area contributed by atoms with Crippen LogP contribution in [0.5, 0.6) is 0 Å². The van der Waals surface area contributed by atoms with Gasteiger partial charge in [-0.1, -0.05) is 42.1 Å². The Morgan fingerprint density at radius 3 is 2.64 bits per heavy atom. The second kappa shape index (κ2) is 8.18. The number of carbonyl (C=O) groups excluding carboxylic acids is 1. The van der Waals surface area contributed by atoms with Crippen molar-refractivity contribution >= 4 is 28.7 Å². The number of rotatable bonds is 6. The Hall–Kier alpha value is -3.26. The summed E-state index contributed by atoms with van der Waals surface area (Å²) in [5.74, 6) is -0.213. The summed E-state index contributed by atoms with van der Waals surface area (Å²) in [5.41, 5.74) is 2.44. The van der Waals surface area contributed by atoms with E-state index in [1.807, 2.05) is 30.3 Å². The fraction of sp³-hybridized carbons (Fsp3) is 0.100. The minimum absolute atomic E-state index is 0.128. The highest BCUT2D eigenvalue weighted by molar-refractivity contribution is 8.00. The number of aromatic nitrogens is 4. The summed E-state index contributed by atoms with van der Waals surface area (Å²) in [4.78, 5) is 20.8. The van der Waals surface area contributed by atoms with E-state index >= 15 is 0 Å². The van der Waals surface area contributed by atoms with Gasteiger partial charge in [0.1, 0.15) is 17.2 Å². The van der Waals surface area contributed by atoms with E-state index in [9.17, 15) is 9.18 Å². The highest BCUT2D eigenvalue weighted by Crippen LogP contribution is 2.25. The lowest BCUT2D eigenvalue weighted by atomic mass is 10.2. The number of nitrogens with zero attached hydrogens (tertiary/aromatic N) is 4. The maximum absolute atomic E-state index is 12.9. The van der Waals surface area contributed by atoms with E-state index in [1.54, 1.807) is 23.0 Å². The largest absolute Gasteiger partial charge is 0.351 e. The van der Waals surface area contributed by atoms with Crippen molar-refractivity contribution < 1.29 is 9.18 Å². The number of hydrogen-bond acceptors (Lipinski definition) is 5. The van der Waals surface area contributed by atoms with Crippen molar-refractivity contribution in [3.8, 4) is 5.69 Å². The van der Waals surface area contributed by atoms with Gasteiger partial charge in [0.15, 0.2) is 5.65 Å². The SMILES string of the molecule is O=C(CSc1ncnc2c1cnn2-c1ccccc1)NCc1ccc(F)cc1. The summed E-state index contributed by atoms with van der Waals surface area (Å²) in [6, 6.07) is 15.8. The Balaban J connectivity index is 1.43. The third-order valence-electron chi connectivity index (χ3n) is 4.07. The number of para-hydroxylation sites is 1. The number of hydrogen-bond donors (Lipinski definition) is 1. The van der Waals surface area contributed by atoms with E-state index in [-0.39, 0.29) is 17.5 Å². The maximum atomic E-state index is 12.9. The summed E-state index contributed by atoms with van der Waals surface area (Å²) in [7, 11) is 0. The van der Waals surface area contributed by atoms with Gasteiger partial charge in [-0.25, -0.2) is 19.0 Å². The van der Waals surface area contributed by atoms with Crippen LogP contribution >= 0.6 is 11.8 Å². The first-order valence-electron chi connectivity index (χ1n) is 8.59. The minimum atomic E-state index is -0.297. The van der Waals surface area contributed by atoms with Crippen LogP contribution in [0.1, 0.15) is 5.56 Å². The molecule has 0 saturated heterocycles. The van der Waals surface area contributed by atoms with E-state index in [4.69, 9.17) is 0 Å². The fourth-order valence-corrected chi connectivity index (χ4v) is 3.47. The molecule has 0 bridgehead atoms. The number of fused-ring (bicyclic) bond motifs is 1. The predicted molar refractivity (Wildman–Crippen MR) is 106 cm³/mol. The molecule has 0 aliphatic carbocycles. The van der Waals surface area contributed by atoms with E-state index in [0.29, 0.717) is 17.2 Å². The van der Waals surface area contributed by atoms with E-state index in [0.717, 1.165) is 16.6 Å². The molecule has 0 unspecified atom stereocenters. The molecule has 0 aliphatic heterocycles. The molecule has 140 valence electrons. The molecule has 2 aromatic carbocycles. The Bertz CT molecular complexity index is 1100. The quantitative estimate of drug-likeness (QED) is 0.402. The molecular formula is C20H16FN5OS. The van der Waals surface area contributed by atoms with Crippen LogP contribution in [0.15, 0.2) is 72.1 Å². The highest BCUT2D eigenvalue weighted by atomic mass is 32.2. The average molecular weight is 393 g/mol. The zero-order valence-electron chi connectivity index (χ0n) is 14.7. The second-order valence-electron chi connectivity index (χ2n) is 6.00. The van der Waals surface area contributed by atoms with Crippen LogP contribution in [0.3, 0.4) is 0 Å². The van der Waals surface area contributed by atoms with E-state index in [1.165, 1.54) is 30.2 Å². The zero-order chi connectivity index (χ0) is 19.3. The van der Waals surface area contributed by atoms with Gasteiger partial charge in [0.2, 0.25) is 5.91 Å². The lowest BCUT2D eigenvalue weighted by Gasteiger charge is -2.06. The van der Waals surface area contributed by atoms with Gasteiger partial charge >= 0.3 is 0 Å². The third kappa shape index (κ3) is 4.01. The molecule has 1 amide bonds. The number of benzene rings is 2. The molecule has 0 fully saturated rings. The highest BCUT2D eigenvalue weighted by Gasteiger charge is 2.13. The molecule has 0 saturated carbocycles. The van der Waals surface area contributed by atoms with Crippen LogP contribution in [0.25, 0.3) is 16.7 Å². The summed E-state index contributed by atoms with van der Waals surface area (Å²) in [6.07, 6.45) is 3.18. The molecule has 1 N–H and O–H groups in total. The predicted octanol–water partition coefficient (Wildman–Crippen LogP) is 3.36. The smallest absolute Gasteiger partial charge is 0.230 e. The molecule has 6 nitrogen and oxygen atoms in total. The molecule has 2 heterocycles. The summed E-state index contributed by atoms with van der Waals surface area (Å²) in [5, 5.41) is 8.72. The minimum Gasteiger partial charge on any atom is -0.351 e. The molecule has 28 heavy (non-hydrogen) atoms. The van der Waals surface area contributed by atoms with Crippen molar-refractivity contribution in [1.82, 2.24) is 25.1 Å². The second-order valence-corrected chi connectivity index (χ2v) is 6.96. The normalized spacial score (nSPS) is 10.9. The lowest BCUT2D eigenvalue weighted by Crippen LogP contribution is -2.24. The van der Waals surface area contributed by atoms with Crippen molar-refractivity contribution in [3.63, 3.8) is 0 Å². The topological polar surface area (TPSA) is 72.7 Å². The molecular weight excluding hydrogens is 377 g/mol. The van der Waals surface area contributed by atoms with Crippen molar-refractivity contribution in [2.75, 3.05) is 5.75 Å². The van der Waals surface area contributed by atoms with Crippen LogP contribution in [-0.4, -0.2) is 31.4 Å². The standard InChI is InChI=1S/C20H16FN5OS/c21-15-8-6-14(7-9-15)10-22-18(27)12-28-20-17-11-25-26(19(17)23-13-24-20)16-4-2-1-3-5-16/h1-9,11,13H,10,12H2,(H,22,27). The van der Waals surface area contributed by atoms with Gasteiger partial charge in [0.25, 0.3) is 0 Å². The summed E-state index contributed by atoms with van der Waals surface area (Å²) >= 11 is 1.33. The van der Waals surface area contributed by atoms with Crippen LogP contribution in [0, 0.1) is 5.82 Å². The van der Waals surface area contributed by atoms with Crippen LogP contribution < -0.4 is 5.32 Å². The van der Waals surface area contributed by atoms with Crippen molar-refractivity contribution in [3.05, 3.63) is 78.5 Å². The fourth-order valence-electron chi connectivity index (χ4n) is 2.68. The Morgan fingerprint density at radius 1 is 1.07 bits per heavy atom. The molecule has 0 atom stereocenters. The summed E-state index contributed by atoms with van der Waals surface area (Å²) < 4.78 is 14.7. The van der Waals surface area contributed by atoms with Gasteiger partial charge in [-0.15, -0.1) is 0 Å². The first-order valence-corrected chi connectivity index (χ1v) is 9.57. The van der Waals surface area contributed by atoms with Gasteiger partial charge < -0.3 is 5.32 Å². The number of thioether (sulfide) groups is 1. The Morgan fingerprint density at radius 2 is 1.86 bits per heavy atom. The Labute approximate surface area is 164 Å². The van der Waals surface area contributed by atoms with Gasteiger partial charge in [-0.2, -0.15) is 5.10 Å². The molecule has 0 radical (unpaired) electrons. The monoisotopic (exact) mass is 393 g/mol. The van der Waals surface area contributed by atoms with Gasteiger partial charge in [-0.3, -0.25) is 4.79 Å². The number of carbonyl (C=O) groups is 1. The number of amides is 1. The van der Waals surface area contributed by atoms with Gasteiger partial charge in [0, 0.05) is 6.54 Å². The summed E-state index contributed by atoms with van der Waals surface area (Å²) in [6.45, 7) is 0.352. The molecule has 0 spiro atoms. The maximum Gasteiger partial charge on any atom is 0.230 e. The molecule has 4 rings (SSSR count). The third-order valence-corrected chi connectivity index (χ3v) is 5.08. The number of halogens is 1. The first kappa shape index (κ1) is 18.1. The Kier molecular flexibility index (Phi) is 5.29. The van der Waals surface area contributed by atoms with Crippen molar-refractivity contribution in [2.45, 2.75) is 11.6 Å². The number of nitrogens with one attached hydrogen (secondary N) is 1. The molecule has 2 aromatic heterocycles. The molecule has 4 aromatic rings. The average Bonchev–Trinajstić information content (AvgIpc) is 3.17. The van der Waals surface area contributed by atoms with Crippen LogP contribution in [-0.2, 0) is 11.3 Å². The zero-order valence-corrected chi connectivity index (χ0v) is 15.6.